The smallest absolute Gasteiger partial charge is 0.254 e. The van der Waals surface area contributed by atoms with Crippen LogP contribution in [0, 0.1) is 13.8 Å². The molecule has 2 aromatic carbocycles. The number of piperazine rings is 1. The van der Waals surface area contributed by atoms with Gasteiger partial charge in [-0.2, -0.15) is 0 Å². The van der Waals surface area contributed by atoms with Gasteiger partial charge in [0, 0.05) is 54.3 Å². The van der Waals surface area contributed by atoms with Crippen molar-refractivity contribution >= 4 is 34.7 Å². The second kappa shape index (κ2) is 9.01. The van der Waals surface area contributed by atoms with Crippen molar-refractivity contribution in [2.24, 2.45) is 0 Å². The maximum Gasteiger partial charge on any atom is 0.254 e. The van der Waals surface area contributed by atoms with Crippen molar-refractivity contribution in [3.8, 4) is 0 Å². The topological polar surface area (TPSA) is 36.4 Å². The summed E-state index contributed by atoms with van der Waals surface area (Å²) in [6.07, 6.45) is 0. The quantitative estimate of drug-likeness (QED) is 0.540. The zero-order valence-corrected chi connectivity index (χ0v) is 18.4. The summed E-state index contributed by atoms with van der Waals surface area (Å²) in [5, 5.41) is 2.06. The number of thioether (sulfide) groups is 1. The normalized spacial score (nSPS) is 14.3. The number of rotatable bonds is 5. The van der Waals surface area contributed by atoms with Crippen molar-refractivity contribution in [2.75, 3.05) is 31.1 Å². The van der Waals surface area contributed by atoms with Gasteiger partial charge in [0.15, 0.2) is 0 Å². The zero-order valence-electron chi connectivity index (χ0n) is 16.8. The van der Waals surface area contributed by atoms with Crippen LogP contribution in [-0.4, -0.2) is 42.0 Å². The molecule has 2 heterocycles. The highest BCUT2D eigenvalue weighted by molar-refractivity contribution is 8.00. The van der Waals surface area contributed by atoms with Crippen molar-refractivity contribution in [1.29, 1.82) is 0 Å². The summed E-state index contributed by atoms with van der Waals surface area (Å²) in [7, 11) is 0. The van der Waals surface area contributed by atoms with E-state index in [4.69, 9.17) is 0 Å². The Morgan fingerprint density at radius 3 is 2.59 bits per heavy atom. The standard InChI is InChI=1S/C23H25N3OS2/c1-17-6-5-8-20(14-17)25-10-12-26(13-11-25)22(27)21-9-4-3-7-19(21)16-29-23-24-18(2)15-28-23/h3-9,14-15H,10-13,16H2,1-2H3. The molecule has 0 bridgehead atoms. The Kier molecular flexibility index (Phi) is 6.21. The Bertz CT molecular complexity index is 993. The molecule has 1 fully saturated rings. The fraction of sp³-hybridized carbons (Fsp3) is 0.304. The highest BCUT2D eigenvalue weighted by Crippen LogP contribution is 2.28. The molecule has 1 aliphatic rings. The Labute approximate surface area is 180 Å². The van der Waals surface area contributed by atoms with Crippen LogP contribution in [0.3, 0.4) is 0 Å². The van der Waals surface area contributed by atoms with Crippen LogP contribution >= 0.6 is 23.1 Å². The van der Waals surface area contributed by atoms with Gasteiger partial charge >= 0.3 is 0 Å². The van der Waals surface area contributed by atoms with Crippen LogP contribution in [0.1, 0.15) is 27.2 Å². The van der Waals surface area contributed by atoms with Crippen molar-refractivity contribution in [1.82, 2.24) is 9.88 Å². The van der Waals surface area contributed by atoms with Crippen LogP contribution in [0.5, 0.6) is 0 Å². The Balaban J connectivity index is 1.41. The molecule has 0 saturated carbocycles. The predicted octanol–water partition coefficient (Wildman–Crippen LogP) is 5.01. The number of carbonyl (C=O) groups excluding carboxylic acids is 1. The second-order valence-electron chi connectivity index (χ2n) is 7.32. The van der Waals surface area contributed by atoms with E-state index in [0.717, 1.165) is 53.1 Å². The van der Waals surface area contributed by atoms with Gasteiger partial charge in [-0.15, -0.1) is 11.3 Å². The molecule has 3 aromatic rings. The number of thiazole rings is 1. The first kappa shape index (κ1) is 20.0. The van der Waals surface area contributed by atoms with Crippen LogP contribution in [0.25, 0.3) is 0 Å². The number of amides is 1. The van der Waals surface area contributed by atoms with Crippen LogP contribution in [0.15, 0.2) is 58.3 Å². The minimum atomic E-state index is 0.139. The van der Waals surface area contributed by atoms with E-state index in [-0.39, 0.29) is 5.91 Å². The van der Waals surface area contributed by atoms with E-state index >= 15 is 0 Å². The summed E-state index contributed by atoms with van der Waals surface area (Å²) in [6, 6.07) is 16.6. The van der Waals surface area contributed by atoms with Gasteiger partial charge in [-0.3, -0.25) is 4.79 Å². The lowest BCUT2D eigenvalue weighted by Gasteiger charge is -2.36. The molecule has 0 spiro atoms. The molecule has 0 atom stereocenters. The van der Waals surface area contributed by atoms with Crippen molar-refractivity contribution in [3.63, 3.8) is 0 Å². The lowest BCUT2D eigenvalue weighted by molar-refractivity contribution is 0.0746. The van der Waals surface area contributed by atoms with E-state index < -0.39 is 0 Å². The van der Waals surface area contributed by atoms with E-state index in [1.807, 2.05) is 30.0 Å². The van der Waals surface area contributed by atoms with Crippen molar-refractivity contribution in [3.05, 3.63) is 76.3 Å². The molecule has 1 saturated heterocycles. The fourth-order valence-corrected chi connectivity index (χ4v) is 5.41. The molecule has 4 rings (SSSR count). The molecule has 150 valence electrons. The molecule has 0 unspecified atom stereocenters. The molecule has 0 N–H and O–H groups in total. The van der Waals surface area contributed by atoms with Gasteiger partial charge in [0.05, 0.1) is 0 Å². The number of benzene rings is 2. The van der Waals surface area contributed by atoms with Gasteiger partial charge in [0.2, 0.25) is 0 Å². The molecule has 1 amide bonds. The van der Waals surface area contributed by atoms with Crippen LogP contribution in [-0.2, 0) is 5.75 Å². The second-order valence-corrected chi connectivity index (χ2v) is 9.40. The molecule has 29 heavy (non-hydrogen) atoms. The molecule has 4 nitrogen and oxygen atoms in total. The molecule has 1 aromatic heterocycles. The molecule has 1 aliphatic heterocycles. The summed E-state index contributed by atoms with van der Waals surface area (Å²) >= 11 is 3.36. The van der Waals surface area contributed by atoms with Crippen molar-refractivity contribution < 1.29 is 4.79 Å². The number of aromatic nitrogens is 1. The zero-order chi connectivity index (χ0) is 20.2. The molecular formula is C23H25N3OS2. The van der Waals surface area contributed by atoms with Crippen molar-refractivity contribution in [2.45, 2.75) is 23.9 Å². The fourth-order valence-electron chi connectivity index (χ4n) is 3.56. The van der Waals surface area contributed by atoms with Crippen LogP contribution in [0.4, 0.5) is 5.69 Å². The SMILES string of the molecule is Cc1cccc(N2CCN(C(=O)c3ccccc3CSc3nc(C)cs3)CC2)c1. The summed E-state index contributed by atoms with van der Waals surface area (Å²) in [4.78, 5) is 22.1. The molecule has 6 heteroatoms. The van der Waals surface area contributed by atoms with Gasteiger partial charge < -0.3 is 9.80 Å². The number of anilines is 1. The van der Waals surface area contributed by atoms with Gasteiger partial charge in [-0.25, -0.2) is 4.98 Å². The van der Waals surface area contributed by atoms with Gasteiger partial charge in [-0.05, 0) is 43.2 Å². The van der Waals surface area contributed by atoms with Crippen LogP contribution < -0.4 is 4.90 Å². The van der Waals surface area contributed by atoms with E-state index in [0.29, 0.717) is 0 Å². The van der Waals surface area contributed by atoms with E-state index in [1.165, 1.54) is 11.3 Å². The predicted molar refractivity (Wildman–Crippen MR) is 122 cm³/mol. The Morgan fingerprint density at radius 1 is 1.07 bits per heavy atom. The number of carbonyl (C=O) groups is 1. The van der Waals surface area contributed by atoms with E-state index in [9.17, 15) is 4.79 Å². The third-order valence-electron chi connectivity index (χ3n) is 5.13. The maximum absolute atomic E-state index is 13.2. The van der Waals surface area contributed by atoms with E-state index in [1.54, 1.807) is 23.1 Å². The minimum Gasteiger partial charge on any atom is -0.368 e. The highest BCUT2D eigenvalue weighted by Gasteiger charge is 2.24. The molecule has 0 aliphatic carbocycles. The number of hydrogen-bond donors (Lipinski definition) is 0. The third-order valence-corrected chi connectivity index (χ3v) is 7.32. The first-order valence-electron chi connectivity index (χ1n) is 9.84. The average Bonchev–Trinajstić information content (AvgIpc) is 3.17. The maximum atomic E-state index is 13.2. The first-order valence-corrected chi connectivity index (χ1v) is 11.7. The largest absolute Gasteiger partial charge is 0.368 e. The molecular weight excluding hydrogens is 398 g/mol. The van der Waals surface area contributed by atoms with E-state index in [2.05, 4.69) is 52.5 Å². The Morgan fingerprint density at radius 2 is 1.86 bits per heavy atom. The summed E-state index contributed by atoms with van der Waals surface area (Å²) in [6.45, 7) is 7.36. The monoisotopic (exact) mass is 423 g/mol. The number of nitrogens with zero attached hydrogens (tertiary/aromatic N) is 3. The van der Waals surface area contributed by atoms with Gasteiger partial charge in [0.25, 0.3) is 5.91 Å². The third kappa shape index (κ3) is 4.82. The number of aryl methyl sites for hydroxylation is 2. The lowest BCUT2D eigenvalue weighted by atomic mass is 10.1. The van der Waals surface area contributed by atoms with Gasteiger partial charge in [0.1, 0.15) is 4.34 Å². The van der Waals surface area contributed by atoms with Gasteiger partial charge in [-0.1, -0.05) is 42.1 Å². The highest BCUT2D eigenvalue weighted by atomic mass is 32.2. The summed E-state index contributed by atoms with van der Waals surface area (Å²) < 4.78 is 1.05. The Hall–Kier alpha value is -2.31. The lowest BCUT2D eigenvalue weighted by Crippen LogP contribution is -2.49. The summed E-state index contributed by atoms with van der Waals surface area (Å²) in [5.41, 5.74) is 5.46. The molecule has 0 radical (unpaired) electrons. The minimum absolute atomic E-state index is 0.139. The average molecular weight is 424 g/mol. The summed E-state index contributed by atoms with van der Waals surface area (Å²) in [5.74, 6) is 0.901. The first-order chi connectivity index (χ1) is 14.1. The van der Waals surface area contributed by atoms with Crippen LogP contribution in [0.2, 0.25) is 0 Å². The number of hydrogen-bond acceptors (Lipinski definition) is 5.